The lowest BCUT2D eigenvalue weighted by atomic mass is 9.58. The van der Waals surface area contributed by atoms with E-state index in [4.69, 9.17) is 4.74 Å². The molecule has 1 aliphatic heterocycles. The second-order valence-corrected chi connectivity index (χ2v) is 9.99. The van der Waals surface area contributed by atoms with Crippen LogP contribution >= 0.6 is 0 Å². The Morgan fingerprint density at radius 1 is 1.21 bits per heavy atom. The summed E-state index contributed by atoms with van der Waals surface area (Å²) in [6.45, 7) is 13.7. The highest BCUT2D eigenvalue weighted by Gasteiger charge is 2.48. The maximum atomic E-state index is 13.7. The third-order valence-corrected chi connectivity index (χ3v) is 8.06. The number of ether oxygens (including phenoxy) is 1. The highest BCUT2D eigenvalue weighted by atomic mass is 16.5. The van der Waals surface area contributed by atoms with E-state index in [1.807, 2.05) is 15.5 Å². The zero-order valence-corrected chi connectivity index (χ0v) is 21.2. The van der Waals surface area contributed by atoms with Gasteiger partial charge in [0.2, 0.25) is 0 Å². The SMILES string of the molecule is CCCN(CCC)C(=O)n1cc(C)c2c1C[C@]1(c3cccc(OC)c3)CCN(CC)C[C@H]1C2. The van der Waals surface area contributed by atoms with Crippen LogP contribution in [0, 0.1) is 12.8 Å². The van der Waals surface area contributed by atoms with Crippen LogP contribution in [0.25, 0.3) is 0 Å². The van der Waals surface area contributed by atoms with Gasteiger partial charge in [0.15, 0.2) is 0 Å². The fraction of sp³-hybridized carbons (Fsp3) is 0.607. The number of fused-ring (bicyclic) bond motifs is 2. The van der Waals surface area contributed by atoms with Gasteiger partial charge in [-0.3, -0.25) is 4.57 Å². The molecule has 0 bridgehead atoms. The van der Waals surface area contributed by atoms with E-state index in [2.05, 4.69) is 57.0 Å². The van der Waals surface area contributed by atoms with Crippen molar-refractivity contribution in [1.82, 2.24) is 14.4 Å². The number of amides is 1. The lowest BCUT2D eigenvalue weighted by Gasteiger charge is -2.51. The molecule has 0 saturated carbocycles. The average Bonchev–Trinajstić information content (AvgIpc) is 3.16. The minimum Gasteiger partial charge on any atom is -0.497 e. The van der Waals surface area contributed by atoms with Gasteiger partial charge in [0.1, 0.15) is 5.75 Å². The predicted octanol–water partition coefficient (Wildman–Crippen LogP) is 5.27. The van der Waals surface area contributed by atoms with Crippen LogP contribution < -0.4 is 4.74 Å². The Kier molecular flexibility index (Phi) is 7.18. The summed E-state index contributed by atoms with van der Waals surface area (Å²) in [5.74, 6) is 1.46. The molecule has 0 unspecified atom stereocenters. The molecule has 5 heteroatoms. The van der Waals surface area contributed by atoms with E-state index in [-0.39, 0.29) is 11.4 Å². The summed E-state index contributed by atoms with van der Waals surface area (Å²) in [4.78, 5) is 18.3. The Hall–Kier alpha value is -2.27. The molecule has 33 heavy (non-hydrogen) atoms. The number of methoxy groups -OCH3 is 1. The molecule has 0 radical (unpaired) electrons. The van der Waals surface area contributed by atoms with Gasteiger partial charge in [-0.25, -0.2) is 4.79 Å². The quantitative estimate of drug-likeness (QED) is 0.575. The minimum atomic E-state index is 0.0381. The first-order valence-corrected chi connectivity index (χ1v) is 12.8. The summed E-state index contributed by atoms with van der Waals surface area (Å²) in [5.41, 5.74) is 5.30. The summed E-state index contributed by atoms with van der Waals surface area (Å²) < 4.78 is 7.61. The number of benzene rings is 1. The number of aryl methyl sites for hydroxylation is 1. The zero-order valence-electron chi connectivity index (χ0n) is 21.2. The standard InChI is InChI=1S/C28H41N3O2/c1-6-13-30(14-7-2)27(32)31-19-21(4)25-17-23-20-29(8-3)15-12-28(23,18-26(25)31)22-10-9-11-24(16-22)33-5/h9-11,16,19,23H,6-8,12-15,17-18,20H2,1-5H3/t23-,28+/m1/s1. The van der Waals surface area contributed by atoms with Crippen molar-refractivity contribution in [2.24, 2.45) is 5.92 Å². The predicted molar refractivity (Wildman–Crippen MR) is 134 cm³/mol. The Morgan fingerprint density at radius 2 is 1.97 bits per heavy atom. The molecule has 1 aliphatic carbocycles. The molecule has 1 amide bonds. The number of aromatic nitrogens is 1. The van der Waals surface area contributed by atoms with Crippen LogP contribution in [0.4, 0.5) is 4.79 Å². The number of carbonyl (C=O) groups excluding carboxylic acids is 1. The monoisotopic (exact) mass is 451 g/mol. The van der Waals surface area contributed by atoms with Crippen molar-refractivity contribution in [1.29, 1.82) is 0 Å². The second-order valence-electron chi connectivity index (χ2n) is 9.99. The highest BCUT2D eigenvalue weighted by molar-refractivity contribution is 5.79. The average molecular weight is 452 g/mol. The van der Waals surface area contributed by atoms with Crippen LogP contribution in [-0.4, -0.2) is 60.2 Å². The van der Waals surface area contributed by atoms with Gasteiger partial charge >= 0.3 is 6.03 Å². The topological polar surface area (TPSA) is 37.7 Å². The first-order chi connectivity index (χ1) is 16.0. The van der Waals surface area contributed by atoms with Crippen molar-refractivity contribution in [2.45, 2.75) is 65.2 Å². The summed E-state index contributed by atoms with van der Waals surface area (Å²) in [7, 11) is 1.75. The van der Waals surface area contributed by atoms with Gasteiger partial charge in [0.25, 0.3) is 0 Å². The second kappa shape index (κ2) is 9.92. The zero-order chi connectivity index (χ0) is 23.6. The van der Waals surface area contributed by atoms with E-state index < -0.39 is 0 Å². The molecule has 2 atom stereocenters. The molecule has 2 heterocycles. The molecule has 5 nitrogen and oxygen atoms in total. The number of hydrogen-bond donors (Lipinski definition) is 0. The van der Waals surface area contributed by atoms with Crippen molar-refractivity contribution in [3.8, 4) is 5.75 Å². The molecule has 1 fully saturated rings. The molecule has 4 rings (SSSR count). The Balaban J connectivity index is 1.79. The number of piperidine rings is 1. The van der Waals surface area contributed by atoms with Gasteiger partial charge in [-0.2, -0.15) is 0 Å². The van der Waals surface area contributed by atoms with Gasteiger partial charge in [0.05, 0.1) is 7.11 Å². The Bertz CT molecular complexity index is 976. The van der Waals surface area contributed by atoms with Crippen molar-refractivity contribution < 1.29 is 9.53 Å². The van der Waals surface area contributed by atoms with Gasteiger partial charge < -0.3 is 14.5 Å². The number of likely N-dealkylation sites (tertiary alicyclic amines) is 1. The molecule has 1 aromatic heterocycles. The first kappa shape index (κ1) is 23.9. The smallest absolute Gasteiger partial charge is 0.328 e. The van der Waals surface area contributed by atoms with E-state index in [0.29, 0.717) is 5.92 Å². The van der Waals surface area contributed by atoms with E-state index in [0.717, 1.165) is 70.6 Å². The Morgan fingerprint density at radius 3 is 2.64 bits per heavy atom. The number of carbonyl (C=O) groups is 1. The van der Waals surface area contributed by atoms with Crippen LogP contribution in [-0.2, 0) is 18.3 Å². The number of hydrogen-bond acceptors (Lipinski definition) is 3. The number of rotatable bonds is 7. The molecule has 1 aromatic carbocycles. The van der Waals surface area contributed by atoms with Crippen LogP contribution in [0.3, 0.4) is 0 Å². The molecule has 0 spiro atoms. The molecule has 180 valence electrons. The van der Waals surface area contributed by atoms with Crippen LogP contribution in [0.2, 0.25) is 0 Å². The molecule has 2 aliphatic rings. The van der Waals surface area contributed by atoms with E-state index >= 15 is 0 Å². The summed E-state index contributed by atoms with van der Waals surface area (Å²) in [6, 6.07) is 8.83. The van der Waals surface area contributed by atoms with Crippen LogP contribution in [0.5, 0.6) is 5.75 Å². The molecule has 2 aromatic rings. The van der Waals surface area contributed by atoms with Gasteiger partial charge in [-0.1, -0.05) is 32.9 Å². The molecule has 0 N–H and O–H groups in total. The molecular formula is C28H41N3O2. The fourth-order valence-corrected chi connectivity index (χ4v) is 6.24. The summed E-state index contributed by atoms with van der Waals surface area (Å²) >= 11 is 0. The van der Waals surface area contributed by atoms with Crippen LogP contribution in [0.1, 0.15) is 62.4 Å². The van der Waals surface area contributed by atoms with Crippen molar-refractivity contribution in [3.05, 3.63) is 52.8 Å². The summed E-state index contributed by atoms with van der Waals surface area (Å²) in [5, 5.41) is 0. The van der Waals surface area contributed by atoms with E-state index in [1.54, 1.807) is 7.11 Å². The Labute approximate surface area is 199 Å². The van der Waals surface area contributed by atoms with Crippen molar-refractivity contribution >= 4 is 6.03 Å². The van der Waals surface area contributed by atoms with Gasteiger partial charge in [-0.05, 0) is 86.9 Å². The highest BCUT2D eigenvalue weighted by Crippen LogP contribution is 2.49. The first-order valence-electron chi connectivity index (χ1n) is 12.8. The van der Waals surface area contributed by atoms with Crippen molar-refractivity contribution in [2.75, 3.05) is 39.8 Å². The van der Waals surface area contributed by atoms with Crippen molar-refractivity contribution in [3.63, 3.8) is 0 Å². The number of nitrogens with zero attached hydrogens (tertiary/aromatic N) is 3. The van der Waals surface area contributed by atoms with Crippen LogP contribution in [0.15, 0.2) is 30.5 Å². The van der Waals surface area contributed by atoms with Gasteiger partial charge in [0, 0.05) is 36.9 Å². The lowest BCUT2D eigenvalue weighted by molar-refractivity contribution is 0.0840. The molecular weight excluding hydrogens is 410 g/mol. The third-order valence-electron chi connectivity index (χ3n) is 8.06. The summed E-state index contributed by atoms with van der Waals surface area (Å²) in [6.07, 6.45) is 7.15. The minimum absolute atomic E-state index is 0.0381. The fourth-order valence-electron chi connectivity index (χ4n) is 6.24. The largest absolute Gasteiger partial charge is 0.497 e. The normalized spacial score (nSPS) is 22.5. The molecule has 1 saturated heterocycles. The lowest BCUT2D eigenvalue weighted by Crippen LogP contribution is -2.54. The van der Waals surface area contributed by atoms with E-state index in [9.17, 15) is 4.79 Å². The maximum Gasteiger partial charge on any atom is 0.328 e. The van der Waals surface area contributed by atoms with E-state index in [1.165, 1.54) is 22.4 Å². The van der Waals surface area contributed by atoms with Gasteiger partial charge in [-0.15, -0.1) is 0 Å². The third kappa shape index (κ3) is 4.32. The maximum absolute atomic E-state index is 13.7.